The second-order valence-corrected chi connectivity index (χ2v) is 6.53. The van der Waals surface area contributed by atoms with Gasteiger partial charge in [-0.05, 0) is 31.6 Å². The van der Waals surface area contributed by atoms with Crippen LogP contribution in [0.5, 0.6) is 0 Å². The Labute approximate surface area is 124 Å². The van der Waals surface area contributed by atoms with Crippen LogP contribution >= 0.6 is 0 Å². The number of rotatable bonds is 6. The van der Waals surface area contributed by atoms with Gasteiger partial charge in [-0.3, -0.25) is 9.69 Å². The molecular weight excluding hydrogens is 281 g/mol. The highest BCUT2D eigenvalue weighted by molar-refractivity contribution is 5.78. The van der Waals surface area contributed by atoms with E-state index in [-0.39, 0.29) is 6.54 Å². The molecule has 0 aliphatic heterocycles. The fraction of sp³-hybridized carbons (Fsp3) is 0.933. The number of halogens is 3. The summed E-state index contributed by atoms with van der Waals surface area (Å²) >= 11 is 0. The minimum absolute atomic E-state index is 0.133. The Morgan fingerprint density at radius 2 is 1.71 bits per heavy atom. The van der Waals surface area contributed by atoms with E-state index in [2.05, 4.69) is 4.90 Å². The molecule has 0 aromatic rings. The maximum absolute atomic E-state index is 12.3. The zero-order chi connectivity index (χ0) is 15.5. The van der Waals surface area contributed by atoms with Crippen molar-refractivity contribution in [1.29, 1.82) is 0 Å². The van der Waals surface area contributed by atoms with E-state index in [0.717, 1.165) is 24.3 Å². The number of carbonyl (C=O) groups excluding carboxylic acids is 1. The number of hydrogen-bond donors (Lipinski definition) is 0. The summed E-state index contributed by atoms with van der Waals surface area (Å²) in [6.07, 6.45) is 3.97. The van der Waals surface area contributed by atoms with Crippen LogP contribution in [0, 0.1) is 5.92 Å². The lowest BCUT2D eigenvalue weighted by Gasteiger charge is -2.30. The number of carbonyl (C=O) groups is 1. The molecule has 0 aromatic carbocycles. The Morgan fingerprint density at radius 1 is 1.10 bits per heavy atom. The number of alkyl halides is 3. The smallest absolute Gasteiger partial charge is 0.336 e. The average Bonchev–Trinajstić information content (AvgIpc) is 3.21. The van der Waals surface area contributed by atoms with Gasteiger partial charge in [-0.1, -0.05) is 19.3 Å². The second kappa shape index (κ2) is 6.99. The molecule has 0 unspecified atom stereocenters. The van der Waals surface area contributed by atoms with Gasteiger partial charge in [0.05, 0.1) is 6.54 Å². The predicted molar refractivity (Wildman–Crippen MR) is 74.9 cm³/mol. The Morgan fingerprint density at radius 3 is 2.24 bits per heavy atom. The van der Waals surface area contributed by atoms with Crippen molar-refractivity contribution < 1.29 is 18.0 Å². The monoisotopic (exact) mass is 306 g/mol. The maximum Gasteiger partial charge on any atom is 0.406 e. The first-order valence-corrected chi connectivity index (χ1v) is 7.90. The van der Waals surface area contributed by atoms with Crippen LogP contribution in [0.3, 0.4) is 0 Å². The van der Waals surface area contributed by atoms with Crippen molar-refractivity contribution in [3.63, 3.8) is 0 Å². The first kappa shape index (κ1) is 16.6. The van der Waals surface area contributed by atoms with Crippen LogP contribution in [0.4, 0.5) is 13.2 Å². The van der Waals surface area contributed by atoms with Gasteiger partial charge in [0.15, 0.2) is 0 Å². The molecule has 0 bridgehead atoms. The van der Waals surface area contributed by atoms with Gasteiger partial charge in [-0.15, -0.1) is 0 Å². The summed E-state index contributed by atoms with van der Waals surface area (Å²) in [5.74, 6) is 0.190. The van der Waals surface area contributed by atoms with E-state index >= 15 is 0 Å². The van der Waals surface area contributed by atoms with Crippen LogP contribution in [0.1, 0.15) is 44.9 Å². The minimum Gasteiger partial charge on any atom is -0.336 e. The maximum atomic E-state index is 12.3. The molecule has 2 fully saturated rings. The molecule has 3 nitrogen and oxygen atoms in total. The van der Waals surface area contributed by atoms with Gasteiger partial charge in [-0.2, -0.15) is 13.2 Å². The molecule has 2 aliphatic rings. The van der Waals surface area contributed by atoms with Crippen molar-refractivity contribution in [2.45, 2.75) is 57.2 Å². The third-order valence-electron chi connectivity index (χ3n) is 4.46. The van der Waals surface area contributed by atoms with Gasteiger partial charge in [0.1, 0.15) is 6.54 Å². The summed E-state index contributed by atoms with van der Waals surface area (Å²) in [5.41, 5.74) is 0. The first-order valence-electron chi connectivity index (χ1n) is 7.90. The van der Waals surface area contributed by atoms with E-state index in [1.54, 1.807) is 0 Å². The van der Waals surface area contributed by atoms with Crippen LogP contribution < -0.4 is 0 Å². The van der Waals surface area contributed by atoms with Crippen molar-refractivity contribution in [1.82, 2.24) is 9.80 Å². The SMILES string of the molecule is CN(CC(F)(F)F)C(=O)CN(CC1CCCCC1)C1CC1. The highest BCUT2D eigenvalue weighted by Gasteiger charge is 2.35. The molecule has 0 radical (unpaired) electrons. The largest absolute Gasteiger partial charge is 0.406 e. The van der Waals surface area contributed by atoms with Crippen LogP contribution in [-0.4, -0.2) is 54.6 Å². The minimum atomic E-state index is -4.32. The van der Waals surface area contributed by atoms with Gasteiger partial charge in [0.25, 0.3) is 0 Å². The highest BCUT2D eigenvalue weighted by atomic mass is 19.4. The molecule has 0 atom stereocenters. The lowest BCUT2D eigenvalue weighted by Crippen LogP contribution is -2.44. The van der Waals surface area contributed by atoms with E-state index in [4.69, 9.17) is 0 Å². The van der Waals surface area contributed by atoms with E-state index in [1.807, 2.05) is 0 Å². The molecule has 122 valence electrons. The van der Waals surface area contributed by atoms with Crippen LogP contribution in [0.15, 0.2) is 0 Å². The van der Waals surface area contributed by atoms with E-state index in [9.17, 15) is 18.0 Å². The lowest BCUT2D eigenvalue weighted by molar-refractivity contribution is -0.159. The molecule has 21 heavy (non-hydrogen) atoms. The molecule has 0 spiro atoms. The van der Waals surface area contributed by atoms with Gasteiger partial charge in [0, 0.05) is 19.6 Å². The fourth-order valence-electron chi connectivity index (χ4n) is 3.14. The Bertz CT molecular complexity index is 349. The molecular formula is C15H25F3N2O. The molecule has 0 N–H and O–H groups in total. The summed E-state index contributed by atoms with van der Waals surface area (Å²) in [4.78, 5) is 14.9. The zero-order valence-electron chi connectivity index (χ0n) is 12.7. The topological polar surface area (TPSA) is 23.6 Å². The van der Waals surface area contributed by atoms with Crippen molar-refractivity contribution in [2.75, 3.05) is 26.7 Å². The van der Waals surface area contributed by atoms with E-state index < -0.39 is 18.6 Å². The molecule has 0 aromatic heterocycles. The van der Waals surface area contributed by atoms with E-state index in [1.165, 1.54) is 39.2 Å². The number of hydrogen-bond acceptors (Lipinski definition) is 2. The molecule has 6 heteroatoms. The third kappa shape index (κ3) is 5.85. The number of amides is 1. The van der Waals surface area contributed by atoms with Crippen molar-refractivity contribution >= 4 is 5.91 Å². The molecule has 2 rings (SSSR count). The summed E-state index contributed by atoms with van der Waals surface area (Å²) in [6, 6.07) is 0.412. The molecule has 2 saturated carbocycles. The number of likely N-dealkylation sites (N-methyl/N-ethyl adjacent to an activating group) is 1. The predicted octanol–water partition coefficient (Wildman–Crippen LogP) is 3.05. The normalized spacial score (nSPS) is 20.8. The van der Waals surface area contributed by atoms with Crippen molar-refractivity contribution in [3.8, 4) is 0 Å². The summed E-state index contributed by atoms with van der Waals surface area (Å²) in [5, 5.41) is 0. The molecule has 0 saturated heterocycles. The van der Waals surface area contributed by atoms with Crippen molar-refractivity contribution in [3.05, 3.63) is 0 Å². The van der Waals surface area contributed by atoms with Crippen LogP contribution in [0.2, 0.25) is 0 Å². The highest BCUT2D eigenvalue weighted by Crippen LogP contribution is 2.31. The van der Waals surface area contributed by atoms with Gasteiger partial charge in [0.2, 0.25) is 5.91 Å². The number of nitrogens with zero attached hydrogens (tertiary/aromatic N) is 2. The summed E-state index contributed by atoms with van der Waals surface area (Å²) in [6.45, 7) is -0.155. The second-order valence-electron chi connectivity index (χ2n) is 6.53. The third-order valence-corrected chi connectivity index (χ3v) is 4.46. The van der Waals surface area contributed by atoms with Crippen LogP contribution in [-0.2, 0) is 4.79 Å². The summed E-state index contributed by atoms with van der Waals surface area (Å²) in [7, 11) is 1.24. The van der Waals surface area contributed by atoms with E-state index in [0.29, 0.717) is 12.0 Å². The fourth-order valence-corrected chi connectivity index (χ4v) is 3.14. The average molecular weight is 306 g/mol. The van der Waals surface area contributed by atoms with Crippen molar-refractivity contribution in [2.24, 2.45) is 5.92 Å². The Kier molecular flexibility index (Phi) is 5.52. The molecule has 0 heterocycles. The Balaban J connectivity index is 1.82. The first-order chi connectivity index (χ1) is 9.85. The zero-order valence-corrected chi connectivity index (χ0v) is 12.7. The standard InChI is InChI=1S/C15H25F3N2O/c1-19(11-15(16,17)18)14(21)10-20(13-7-8-13)9-12-5-3-2-4-6-12/h12-13H,2-11H2,1H3. The quantitative estimate of drug-likeness (QED) is 0.753. The van der Waals surface area contributed by atoms with Crippen LogP contribution in [0.25, 0.3) is 0 Å². The lowest BCUT2D eigenvalue weighted by atomic mass is 9.89. The van der Waals surface area contributed by atoms with Gasteiger partial charge in [-0.25, -0.2) is 0 Å². The molecule has 1 amide bonds. The molecule has 2 aliphatic carbocycles. The van der Waals surface area contributed by atoms with Gasteiger partial charge >= 0.3 is 6.18 Å². The summed E-state index contributed by atoms with van der Waals surface area (Å²) < 4.78 is 37.0. The van der Waals surface area contributed by atoms with Gasteiger partial charge < -0.3 is 4.90 Å². The Hall–Kier alpha value is -0.780.